The number of sulfonamides is 1. The lowest BCUT2D eigenvalue weighted by Crippen LogP contribution is -2.45. The molecule has 1 saturated heterocycles. The maximum Gasteiger partial charge on any atom is 0.309 e. The monoisotopic (exact) mass is 283 g/mol. The molecule has 2 rings (SSSR count). The predicted octanol–water partition coefficient (Wildman–Crippen LogP) is 1.56. The molecule has 1 aliphatic heterocycles. The lowest BCUT2D eigenvalue weighted by atomic mass is 9.81. The van der Waals surface area contributed by atoms with Crippen molar-refractivity contribution in [3.8, 4) is 0 Å². The van der Waals surface area contributed by atoms with E-state index >= 15 is 0 Å². The molecule has 0 atom stereocenters. The Morgan fingerprint density at radius 3 is 2.21 bits per heavy atom. The van der Waals surface area contributed by atoms with E-state index in [-0.39, 0.29) is 18.0 Å². The average Bonchev–Trinajstić information content (AvgIpc) is 2.40. The van der Waals surface area contributed by atoms with Gasteiger partial charge in [-0.15, -0.1) is 0 Å². The standard InChI is InChI=1S/C13H17NO4S/c1-13(12(15)16)7-9-14(10-8-13)19(17,18)11-5-3-2-4-6-11/h2-6H,7-10H2,1H3,(H,15,16). The molecule has 6 heteroatoms. The highest BCUT2D eigenvalue weighted by Gasteiger charge is 2.40. The molecule has 1 N–H and O–H groups in total. The van der Waals surface area contributed by atoms with Gasteiger partial charge in [0.1, 0.15) is 0 Å². The first-order chi connectivity index (χ1) is 8.86. The van der Waals surface area contributed by atoms with Gasteiger partial charge in [-0.2, -0.15) is 4.31 Å². The number of hydrogen-bond acceptors (Lipinski definition) is 3. The molecule has 19 heavy (non-hydrogen) atoms. The minimum absolute atomic E-state index is 0.250. The van der Waals surface area contributed by atoms with Gasteiger partial charge in [0.15, 0.2) is 0 Å². The number of benzene rings is 1. The summed E-state index contributed by atoms with van der Waals surface area (Å²) < 4.78 is 26.1. The Labute approximate surface area is 112 Å². The van der Waals surface area contributed by atoms with Gasteiger partial charge in [0.05, 0.1) is 10.3 Å². The minimum Gasteiger partial charge on any atom is -0.481 e. The van der Waals surface area contributed by atoms with Crippen LogP contribution in [0, 0.1) is 5.41 Å². The summed E-state index contributed by atoms with van der Waals surface area (Å²) in [4.78, 5) is 11.4. The van der Waals surface area contributed by atoms with E-state index in [0.717, 1.165) is 0 Å². The third-order valence-electron chi connectivity index (χ3n) is 3.72. The van der Waals surface area contributed by atoms with Crippen molar-refractivity contribution in [2.45, 2.75) is 24.7 Å². The highest BCUT2D eigenvalue weighted by atomic mass is 32.2. The lowest BCUT2D eigenvalue weighted by molar-refractivity contribution is -0.150. The topological polar surface area (TPSA) is 74.7 Å². The number of piperidine rings is 1. The zero-order valence-electron chi connectivity index (χ0n) is 10.7. The van der Waals surface area contributed by atoms with Crippen molar-refractivity contribution < 1.29 is 18.3 Å². The van der Waals surface area contributed by atoms with E-state index in [2.05, 4.69) is 0 Å². The first kappa shape index (κ1) is 14.0. The molecule has 1 heterocycles. The molecule has 1 aliphatic rings. The first-order valence-corrected chi connectivity index (χ1v) is 7.59. The van der Waals surface area contributed by atoms with E-state index in [1.807, 2.05) is 0 Å². The van der Waals surface area contributed by atoms with E-state index in [1.54, 1.807) is 37.3 Å². The Balaban J connectivity index is 2.16. The highest BCUT2D eigenvalue weighted by Crippen LogP contribution is 2.33. The van der Waals surface area contributed by atoms with Crippen LogP contribution in [0.4, 0.5) is 0 Å². The number of rotatable bonds is 3. The Morgan fingerprint density at radius 1 is 1.21 bits per heavy atom. The van der Waals surface area contributed by atoms with Crippen molar-refractivity contribution in [1.82, 2.24) is 4.31 Å². The van der Waals surface area contributed by atoms with Crippen LogP contribution in [0.5, 0.6) is 0 Å². The van der Waals surface area contributed by atoms with Crippen LogP contribution in [0.15, 0.2) is 35.2 Å². The van der Waals surface area contributed by atoms with E-state index in [9.17, 15) is 13.2 Å². The fraction of sp³-hybridized carbons (Fsp3) is 0.462. The van der Waals surface area contributed by atoms with Gasteiger partial charge in [-0.05, 0) is 31.9 Å². The predicted molar refractivity (Wildman–Crippen MR) is 70.2 cm³/mol. The number of carboxylic acids is 1. The maximum absolute atomic E-state index is 12.3. The summed E-state index contributed by atoms with van der Waals surface area (Å²) in [5.74, 6) is -0.857. The van der Waals surface area contributed by atoms with Crippen molar-refractivity contribution in [3.63, 3.8) is 0 Å². The lowest BCUT2D eigenvalue weighted by Gasteiger charge is -2.35. The zero-order valence-corrected chi connectivity index (χ0v) is 11.6. The summed E-state index contributed by atoms with van der Waals surface area (Å²) in [6.45, 7) is 2.17. The van der Waals surface area contributed by atoms with Crippen LogP contribution in [0.2, 0.25) is 0 Å². The molecule has 5 nitrogen and oxygen atoms in total. The summed E-state index contributed by atoms with van der Waals surface area (Å²) in [5.41, 5.74) is -0.817. The fourth-order valence-corrected chi connectivity index (χ4v) is 3.64. The summed E-state index contributed by atoms with van der Waals surface area (Å²) in [6, 6.07) is 8.23. The van der Waals surface area contributed by atoms with Crippen LogP contribution in [0.25, 0.3) is 0 Å². The number of hydrogen-bond donors (Lipinski definition) is 1. The van der Waals surface area contributed by atoms with Crippen molar-refractivity contribution in [2.24, 2.45) is 5.41 Å². The third kappa shape index (κ3) is 2.64. The second-order valence-corrected chi connectivity index (χ2v) is 7.02. The first-order valence-electron chi connectivity index (χ1n) is 6.15. The van der Waals surface area contributed by atoms with Gasteiger partial charge in [0.25, 0.3) is 0 Å². The van der Waals surface area contributed by atoms with E-state index < -0.39 is 21.4 Å². The van der Waals surface area contributed by atoms with E-state index in [4.69, 9.17) is 5.11 Å². The number of carbonyl (C=O) groups is 1. The molecule has 0 unspecified atom stereocenters. The molecule has 0 aromatic heterocycles. The van der Waals surface area contributed by atoms with Crippen molar-refractivity contribution in [2.75, 3.05) is 13.1 Å². The Kier molecular flexibility index (Phi) is 3.64. The number of aliphatic carboxylic acids is 1. The van der Waals surface area contributed by atoms with Crippen LogP contribution in [-0.4, -0.2) is 36.9 Å². The molecule has 1 aromatic rings. The van der Waals surface area contributed by atoms with E-state index in [1.165, 1.54) is 4.31 Å². The van der Waals surface area contributed by atoms with Gasteiger partial charge in [-0.1, -0.05) is 18.2 Å². The second-order valence-electron chi connectivity index (χ2n) is 5.08. The summed E-state index contributed by atoms with van der Waals surface area (Å²) in [7, 11) is -3.50. The third-order valence-corrected chi connectivity index (χ3v) is 5.64. The molecule has 0 aliphatic carbocycles. The van der Waals surface area contributed by atoms with Gasteiger partial charge < -0.3 is 5.11 Å². The van der Waals surface area contributed by atoms with Gasteiger partial charge in [0.2, 0.25) is 10.0 Å². The van der Waals surface area contributed by atoms with Crippen LogP contribution in [-0.2, 0) is 14.8 Å². The van der Waals surface area contributed by atoms with Gasteiger partial charge in [-0.25, -0.2) is 8.42 Å². The molecule has 0 spiro atoms. The molecule has 0 saturated carbocycles. The minimum atomic E-state index is -3.50. The number of carboxylic acid groups (broad SMARTS) is 1. The fourth-order valence-electron chi connectivity index (χ4n) is 2.18. The van der Waals surface area contributed by atoms with Crippen LogP contribution >= 0.6 is 0 Å². The van der Waals surface area contributed by atoms with Crippen LogP contribution in [0.3, 0.4) is 0 Å². The quantitative estimate of drug-likeness (QED) is 0.913. The largest absolute Gasteiger partial charge is 0.481 e. The molecular formula is C13H17NO4S. The maximum atomic E-state index is 12.3. The van der Waals surface area contributed by atoms with Crippen LogP contribution in [0.1, 0.15) is 19.8 Å². The second kappa shape index (κ2) is 4.94. The molecule has 1 fully saturated rings. The Bertz CT molecular complexity index is 560. The highest BCUT2D eigenvalue weighted by molar-refractivity contribution is 7.89. The normalized spacial score (nSPS) is 20.1. The Hall–Kier alpha value is -1.40. The smallest absolute Gasteiger partial charge is 0.309 e. The van der Waals surface area contributed by atoms with Gasteiger partial charge in [0, 0.05) is 13.1 Å². The van der Waals surface area contributed by atoms with Crippen molar-refractivity contribution >= 4 is 16.0 Å². The molecule has 0 radical (unpaired) electrons. The van der Waals surface area contributed by atoms with Gasteiger partial charge in [-0.3, -0.25) is 4.79 Å². The zero-order chi connectivity index (χ0) is 14.1. The van der Waals surface area contributed by atoms with Crippen molar-refractivity contribution in [1.29, 1.82) is 0 Å². The summed E-state index contributed by atoms with van der Waals surface area (Å²) in [6.07, 6.45) is 0.683. The molecule has 104 valence electrons. The van der Waals surface area contributed by atoms with Crippen LogP contribution < -0.4 is 0 Å². The van der Waals surface area contributed by atoms with E-state index in [0.29, 0.717) is 12.8 Å². The van der Waals surface area contributed by atoms with Crippen molar-refractivity contribution in [3.05, 3.63) is 30.3 Å². The molecule has 0 amide bonds. The summed E-state index contributed by atoms with van der Waals surface area (Å²) >= 11 is 0. The SMILES string of the molecule is CC1(C(=O)O)CCN(S(=O)(=O)c2ccccc2)CC1. The van der Waals surface area contributed by atoms with Gasteiger partial charge >= 0.3 is 5.97 Å². The molecule has 0 bridgehead atoms. The average molecular weight is 283 g/mol. The molecular weight excluding hydrogens is 266 g/mol. The number of nitrogens with zero attached hydrogens (tertiary/aromatic N) is 1. The molecule has 1 aromatic carbocycles. The Morgan fingerprint density at radius 2 is 1.74 bits per heavy atom. The summed E-state index contributed by atoms with van der Waals surface area (Å²) in [5, 5.41) is 9.14.